The molecule has 1 aromatic carbocycles. The Balaban J connectivity index is 1.31. The highest BCUT2D eigenvalue weighted by Gasteiger charge is 2.39. The van der Waals surface area contributed by atoms with Crippen molar-refractivity contribution in [2.24, 2.45) is 11.8 Å². The molecule has 168 valence electrons. The van der Waals surface area contributed by atoms with E-state index < -0.39 is 0 Å². The van der Waals surface area contributed by atoms with E-state index in [0.717, 1.165) is 49.9 Å². The lowest BCUT2D eigenvalue weighted by atomic mass is 9.91. The fourth-order valence-corrected chi connectivity index (χ4v) is 5.40. The third-order valence-corrected chi connectivity index (χ3v) is 7.36. The van der Waals surface area contributed by atoms with E-state index in [4.69, 9.17) is 0 Å². The lowest BCUT2D eigenvalue weighted by Gasteiger charge is -2.40. The molecule has 6 nitrogen and oxygen atoms in total. The average molecular weight is 426 g/mol. The van der Waals surface area contributed by atoms with E-state index in [-0.39, 0.29) is 30.1 Å². The predicted molar refractivity (Wildman–Crippen MR) is 121 cm³/mol. The first-order valence-electron chi connectivity index (χ1n) is 11.9. The van der Waals surface area contributed by atoms with Gasteiger partial charge in [-0.1, -0.05) is 24.6 Å². The maximum atomic E-state index is 13.1. The number of nitrogens with zero attached hydrogens (tertiary/aromatic N) is 3. The van der Waals surface area contributed by atoms with Gasteiger partial charge in [0.1, 0.15) is 0 Å². The number of likely N-dealkylation sites (tertiary alicyclic amines) is 2. The first-order chi connectivity index (χ1) is 15.0. The molecule has 31 heavy (non-hydrogen) atoms. The summed E-state index contributed by atoms with van der Waals surface area (Å²) in [5, 5.41) is 0. The monoisotopic (exact) mass is 425 g/mol. The maximum absolute atomic E-state index is 13.1. The summed E-state index contributed by atoms with van der Waals surface area (Å²) in [6.45, 7) is 6.76. The minimum absolute atomic E-state index is 0.0166. The van der Waals surface area contributed by atoms with Crippen molar-refractivity contribution in [2.75, 3.05) is 31.1 Å². The van der Waals surface area contributed by atoms with Gasteiger partial charge in [0, 0.05) is 50.2 Å². The molecular weight excluding hydrogens is 390 g/mol. The van der Waals surface area contributed by atoms with Crippen molar-refractivity contribution >= 4 is 23.4 Å². The Hall–Kier alpha value is -2.37. The Morgan fingerprint density at radius 3 is 2.32 bits per heavy atom. The summed E-state index contributed by atoms with van der Waals surface area (Å²) in [4.78, 5) is 44.5. The normalized spacial score (nSPS) is 25.2. The quantitative estimate of drug-likeness (QED) is 0.743. The van der Waals surface area contributed by atoms with E-state index in [2.05, 4.69) is 11.8 Å². The summed E-state index contributed by atoms with van der Waals surface area (Å²) in [6.07, 6.45) is 6.21. The smallest absolute Gasteiger partial charge is 0.228 e. The van der Waals surface area contributed by atoms with Crippen molar-refractivity contribution in [1.29, 1.82) is 0 Å². The second-order valence-electron chi connectivity index (χ2n) is 9.43. The zero-order valence-electron chi connectivity index (χ0n) is 18.9. The second kappa shape index (κ2) is 9.41. The number of hydrogen-bond donors (Lipinski definition) is 0. The Morgan fingerprint density at radius 1 is 0.935 bits per heavy atom. The Morgan fingerprint density at radius 2 is 1.65 bits per heavy atom. The number of aryl methyl sites for hydroxylation is 1. The van der Waals surface area contributed by atoms with Crippen LogP contribution in [0.25, 0.3) is 0 Å². The molecule has 0 aliphatic carbocycles. The van der Waals surface area contributed by atoms with Crippen LogP contribution in [0, 0.1) is 18.8 Å². The van der Waals surface area contributed by atoms with Crippen LogP contribution in [0.15, 0.2) is 24.3 Å². The van der Waals surface area contributed by atoms with Gasteiger partial charge in [-0.3, -0.25) is 14.4 Å². The van der Waals surface area contributed by atoms with Gasteiger partial charge < -0.3 is 14.7 Å². The molecular formula is C25H35N3O3. The van der Waals surface area contributed by atoms with Crippen LogP contribution < -0.4 is 4.90 Å². The molecule has 3 heterocycles. The Kier molecular flexibility index (Phi) is 6.63. The third kappa shape index (κ3) is 4.63. The van der Waals surface area contributed by atoms with Gasteiger partial charge in [-0.2, -0.15) is 0 Å². The van der Waals surface area contributed by atoms with E-state index >= 15 is 0 Å². The first kappa shape index (κ1) is 21.8. The Labute approximate surface area is 185 Å². The van der Waals surface area contributed by atoms with Crippen molar-refractivity contribution in [3.8, 4) is 0 Å². The fraction of sp³-hybridized carbons (Fsp3) is 0.640. The number of carbonyl (C=O) groups excluding carboxylic acids is 3. The van der Waals surface area contributed by atoms with Crippen LogP contribution in [0.3, 0.4) is 0 Å². The number of anilines is 1. The molecule has 1 aromatic rings. The largest absolute Gasteiger partial charge is 0.342 e. The number of benzene rings is 1. The molecule has 2 unspecified atom stereocenters. The molecule has 0 spiro atoms. The molecule has 3 aliphatic heterocycles. The van der Waals surface area contributed by atoms with Gasteiger partial charge in [-0.25, -0.2) is 0 Å². The summed E-state index contributed by atoms with van der Waals surface area (Å²) in [7, 11) is 0. The molecule has 0 N–H and O–H groups in total. The van der Waals surface area contributed by atoms with Gasteiger partial charge in [0.05, 0.1) is 5.92 Å². The van der Waals surface area contributed by atoms with Crippen LogP contribution in [-0.4, -0.2) is 59.7 Å². The molecule has 2 atom stereocenters. The predicted octanol–water partition coefficient (Wildman–Crippen LogP) is 3.38. The fourth-order valence-electron chi connectivity index (χ4n) is 5.40. The van der Waals surface area contributed by atoms with Gasteiger partial charge in [0.15, 0.2) is 0 Å². The molecule has 4 rings (SSSR count). The summed E-state index contributed by atoms with van der Waals surface area (Å²) < 4.78 is 0. The zero-order chi connectivity index (χ0) is 22.0. The Bertz CT molecular complexity index is 814. The van der Waals surface area contributed by atoms with Crippen molar-refractivity contribution in [1.82, 2.24) is 9.80 Å². The van der Waals surface area contributed by atoms with E-state index in [1.54, 1.807) is 4.90 Å². The number of hydrogen-bond acceptors (Lipinski definition) is 3. The third-order valence-electron chi connectivity index (χ3n) is 7.36. The molecule has 0 aromatic heterocycles. The zero-order valence-corrected chi connectivity index (χ0v) is 18.9. The minimum Gasteiger partial charge on any atom is -0.342 e. The maximum Gasteiger partial charge on any atom is 0.228 e. The number of piperidine rings is 2. The van der Waals surface area contributed by atoms with Crippen LogP contribution in [-0.2, 0) is 14.4 Å². The second-order valence-corrected chi connectivity index (χ2v) is 9.43. The lowest BCUT2D eigenvalue weighted by Crippen LogP contribution is -2.50. The van der Waals surface area contributed by atoms with Crippen molar-refractivity contribution in [3.63, 3.8) is 0 Å². The summed E-state index contributed by atoms with van der Waals surface area (Å²) >= 11 is 0. The van der Waals surface area contributed by atoms with Gasteiger partial charge in [0.25, 0.3) is 0 Å². The minimum atomic E-state index is -0.285. The molecule has 3 amide bonds. The van der Waals surface area contributed by atoms with Crippen LogP contribution in [0.2, 0.25) is 0 Å². The van der Waals surface area contributed by atoms with E-state index in [0.29, 0.717) is 31.6 Å². The molecule has 3 fully saturated rings. The van der Waals surface area contributed by atoms with Gasteiger partial charge >= 0.3 is 0 Å². The highest BCUT2D eigenvalue weighted by Crippen LogP contribution is 2.30. The average Bonchev–Trinajstić information content (AvgIpc) is 3.20. The van der Waals surface area contributed by atoms with E-state index in [1.807, 2.05) is 36.1 Å². The topological polar surface area (TPSA) is 60.9 Å². The molecule has 0 radical (unpaired) electrons. The molecule has 3 saturated heterocycles. The molecule has 3 aliphatic rings. The number of carbonyl (C=O) groups is 3. The summed E-state index contributed by atoms with van der Waals surface area (Å²) in [5.74, 6) is 0.125. The van der Waals surface area contributed by atoms with Gasteiger partial charge in [0.2, 0.25) is 17.7 Å². The SMILES string of the molecule is CCC1CCCCN1C(=O)C1CCN(C(=O)C2CC(=O)N(c3ccc(C)cc3)C2)CC1. The number of rotatable bonds is 4. The highest BCUT2D eigenvalue weighted by molar-refractivity contribution is 6.00. The standard InChI is InChI=1S/C25H35N3O3/c1-3-21-6-4-5-13-27(21)25(31)19-11-14-26(15-12-19)24(30)20-16-23(29)28(17-20)22-9-7-18(2)8-10-22/h7-10,19-21H,3-6,11-17H2,1-2H3. The molecule has 0 saturated carbocycles. The van der Waals surface area contributed by atoms with Crippen LogP contribution in [0.1, 0.15) is 57.4 Å². The van der Waals surface area contributed by atoms with Crippen LogP contribution >= 0.6 is 0 Å². The van der Waals surface area contributed by atoms with Crippen molar-refractivity contribution < 1.29 is 14.4 Å². The molecule has 0 bridgehead atoms. The summed E-state index contributed by atoms with van der Waals surface area (Å²) in [6, 6.07) is 8.26. The van der Waals surface area contributed by atoms with Crippen molar-refractivity contribution in [3.05, 3.63) is 29.8 Å². The molecule has 6 heteroatoms. The highest BCUT2D eigenvalue weighted by atomic mass is 16.2. The van der Waals surface area contributed by atoms with Crippen LogP contribution in [0.5, 0.6) is 0 Å². The van der Waals surface area contributed by atoms with Gasteiger partial charge in [-0.15, -0.1) is 0 Å². The first-order valence-corrected chi connectivity index (χ1v) is 11.9. The lowest BCUT2D eigenvalue weighted by molar-refractivity contribution is -0.144. The van der Waals surface area contributed by atoms with E-state index in [1.165, 1.54) is 6.42 Å². The van der Waals surface area contributed by atoms with E-state index in [9.17, 15) is 14.4 Å². The number of amides is 3. The summed E-state index contributed by atoms with van der Waals surface area (Å²) in [5.41, 5.74) is 2.01. The van der Waals surface area contributed by atoms with Crippen molar-refractivity contribution in [2.45, 2.75) is 64.8 Å². The van der Waals surface area contributed by atoms with Crippen LogP contribution in [0.4, 0.5) is 5.69 Å². The van der Waals surface area contributed by atoms with Gasteiger partial charge in [-0.05, 0) is 57.6 Å².